The van der Waals surface area contributed by atoms with Crippen LogP contribution >= 0.6 is 0 Å². The monoisotopic (exact) mass is 271 g/mol. The highest BCUT2D eigenvalue weighted by molar-refractivity contribution is 5.33. The Kier molecular flexibility index (Phi) is 3.25. The molecule has 0 saturated heterocycles. The molecule has 0 aromatic carbocycles. The Morgan fingerprint density at radius 3 is 2.45 bits per heavy atom. The first-order valence-corrected chi connectivity index (χ1v) is 8.41. The predicted octanol–water partition coefficient (Wildman–Crippen LogP) is 3.29. The molecule has 108 valence electrons. The first-order chi connectivity index (χ1) is 9.81. The second kappa shape index (κ2) is 5.10. The van der Waals surface area contributed by atoms with Gasteiger partial charge in [-0.15, -0.1) is 0 Å². The fourth-order valence-electron chi connectivity index (χ4n) is 3.78. The number of rotatable bonds is 2. The van der Waals surface area contributed by atoms with Crippen LogP contribution in [0.4, 0.5) is 0 Å². The van der Waals surface area contributed by atoms with Crippen molar-refractivity contribution in [3.8, 4) is 0 Å². The van der Waals surface area contributed by atoms with Crippen molar-refractivity contribution in [2.24, 2.45) is 5.92 Å². The summed E-state index contributed by atoms with van der Waals surface area (Å²) in [7, 11) is 0. The van der Waals surface area contributed by atoms with Crippen molar-refractivity contribution >= 4 is 0 Å². The summed E-state index contributed by atoms with van der Waals surface area (Å²) < 4.78 is 0. The molecule has 2 aliphatic carbocycles. The molecule has 0 atom stereocenters. The van der Waals surface area contributed by atoms with Crippen molar-refractivity contribution < 1.29 is 0 Å². The minimum Gasteiger partial charge on any atom is -0.312 e. The highest BCUT2D eigenvalue weighted by Gasteiger charge is 2.32. The average Bonchev–Trinajstić information content (AvgIpc) is 3.31. The summed E-state index contributed by atoms with van der Waals surface area (Å²) in [6.45, 7) is 4.45. The van der Waals surface area contributed by atoms with Crippen LogP contribution < -0.4 is 5.32 Å². The van der Waals surface area contributed by atoms with E-state index in [9.17, 15) is 0 Å². The first-order valence-electron chi connectivity index (χ1n) is 8.41. The minimum absolute atomic E-state index is 0.629. The van der Waals surface area contributed by atoms with Crippen molar-refractivity contribution in [3.63, 3.8) is 0 Å². The van der Waals surface area contributed by atoms with Gasteiger partial charge in [0.15, 0.2) is 0 Å². The molecule has 1 N–H and O–H groups in total. The minimum atomic E-state index is 0.629. The zero-order chi connectivity index (χ0) is 13.5. The molecule has 3 nitrogen and oxygen atoms in total. The summed E-state index contributed by atoms with van der Waals surface area (Å²) in [6, 6.07) is 0. The van der Waals surface area contributed by atoms with E-state index >= 15 is 0 Å². The maximum Gasteiger partial charge on any atom is 0.131 e. The lowest BCUT2D eigenvalue weighted by Crippen LogP contribution is -2.28. The van der Waals surface area contributed by atoms with Crippen LogP contribution in [0.1, 0.15) is 80.1 Å². The van der Waals surface area contributed by atoms with Crippen molar-refractivity contribution in [2.75, 3.05) is 6.54 Å². The van der Waals surface area contributed by atoms with E-state index < -0.39 is 0 Å². The Bertz CT molecular complexity index is 499. The van der Waals surface area contributed by atoms with Gasteiger partial charge in [0.05, 0.1) is 11.4 Å². The van der Waals surface area contributed by atoms with Gasteiger partial charge in [-0.05, 0) is 31.6 Å². The standard InChI is InChI=1S/C17H25N3/c1-11-2-4-13(5-3-11)17-19-15-8-9-18-10-14(15)16(20-17)12-6-7-12/h11-13,18H,2-10H2,1H3. The van der Waals surface area contributed by atoms with Gasteiger partial charge in [-0.1, -0.05) is 19.8 Å². The third-order valence-corrected chi connectivity index (χ3v) is 5.33. The Hall–Kier alpha value is -0.960. The van der Waals surface area contributed by atoms with Gasteiger partial charge in [0.1, 0.15) is 5.82 Å². The normalized spacial score (nSPS) is 30.1. The Balaban J connectivity index is 1.67. The summed E-state index contributed by atoms with van der Waals surface area (Å²) in [5.74, 6) is 3.45. The molecule has 2 heterocycles. The van der Waals surface area contributed by atoms with Crippen molar-refractivity contribution in [3.05, 3.63) is 22.8 Å². The average molecular weight is 271 g/mol. The molecule has 0 spiro atoms. The molecule has 4 rings (SSSR count). The molecule has 0 amide bonds. The highest BCUT2D eigenvalue weighted by atomic mass is 15.0. The molecule has 3 aliphatic rings. The Labute approximate surface area is 121 Å². The smallest absolute Gasteiger partial charge is 0.131 e. The fraction of sp³-hybridized carbons (Fsp3) is 0.765. The van der Waals surface area contributed by atoms with E-state index in [1.165, 1.54) is 61.3 Å². The van der Waals surface area contributed by atoms with E-state index in [4.69, 9.17) is 9.97 Å². The third kappa shape index (κ3) is 2.37. The summed E-state index contributed by atoms with van der Waals surface area (Å²) in [6.07, 6.45) is 9.06. The summed E-state index contributed by atoms with van der Waals surface area (Å²) in [5, 5.41) is 3.49. The Morgan fingerprint density at radius 2 is 1.70 bits per heavy atom. The summed E-state index contributed by atoms with van der Waals surface area (Å²) in [5.41, 5.74) is 4.19. The van der Waals surface area contributed by atoms with Gasteiger partial charge in [-0.2, -0.15) is 0 Å². The van der Waals surface area contributed by atoms with E-state index in [1.54, 1.807) is 0 Å². The van der Waals surface area contributed by atoms with Crippen molar-refractivity contribution in [2.45, 2.75) is 70.3 Å². The molecule has 3 heteroatoms. The van der Waals surface area contributed by atoms with Crippen molar-refractivity contribution in [1.82, 2.24) is 15.3 Å². The topological polar surface area (TPSA) is 37.8 Å². The van der Waals surface area contributed by atoms with E-state index in [0.717, 1.165) is 31.3 Å². The summed E-state index contributed by atoms with van der Waals surface area (Å²) >= 11 is 0. The zero-order valence-corrected chi connectivity index (χ0v) is 12.5. The zero-order valence-electron chi connectivity index (χ0n) is 12.5. The highest BCUT2D eigenvalue weighted by Crippen LogP contribution is 2.43. The van der Waals surface area contributed by atoms with Crippen LogP contribution in [-0.4, -0.2) is 16.5 Å². The van der Waals surface area contributed by atoms with Crippen LogP contribution in [0.15, 0.2) is 0 Å². The molecule has 0 bridgehead atoms. The number of nitrogens with zero attached hydrogens (tertiary/aromatic N) is 2. The molecular formula is C17H25N3. The number of hydrogen-bond acceptors (Lipinski definition) is 3. The Morgan fingerprint density at radius 1 is 0.950 bits per heavy atom. The third-order valence-electron chi connectivity index (χ3n) is 5.33. The quantitative estimate of drug-likeness (QED) is 0.897. The van der Waals surface area contributed by atoms with Crippen LogP contribution in [-0.2, 0) is 13.0 Å². The lowest BCUT2D eigenvalue weighted by Gasteiger charge is -2.27. The summed E-state index contributed by atoms with van der Waals surface area (Å²) in [4.78, 5) is 10.0. The number of fused-ring (bicyclic) bond motifs is 1. The predicted molar refractivity (Wildman–Crippen MR) is 79.8 cm³/mol. The number of aromatic nitrogens is 2. The molecule has 2 saturated carbocycles. The maximum atomic E-state index is 5.05. The van der Waals surface area contributed by atoms with E-state index in [1.807, 2.05) is 0 Å². The molecule has 1 aromatic heterocycles. The maximum absolute atomic E-state index is 5.05. The molecule has 20 heavy (non-hydrogen) atoms. The van der Waals surface area contributed by atoms with Gasteiger partial charge in [-0.25, -0.2) is 9.97 Å². The molecular weight excluding hydrogens is 246 g/mol. The molecule has 2 fully saturated rings. The van der Waals surface area contributed by atoms with Crippen LogP contribution in [0.3, 0.4) is 0 Å². The fourth-order valence-corrected chi connectivity index (χ4v) is 3.78. The van der Waals surface area contributed by atoms with Crippen molar-refractivity contribution in [1.29, 1.82) is 0 Å². The van der Waals surface area contributed by atoms with Crippen LogP contribution in [0.2, 0.25) is 0 Å². The van der Waals surface area contributed by atoms with Gasteiger partial charge in [0.2, 0.25) is 0 Å². The SMILES string of the molecule is CC1CCC(c2nc3c(c(C4CC4)n2)CNCC3)CC1. The van der Waals surface area contributed by atoms with Gasteiger partial charge < -0.3 is 5.32 Å². The van der Waals surface area contributed by atoms with Gasteiger partial charge in [0, 0.05) is 36.9 Å². The second-order valence-corrected chi connectivity index (χ2v) is 7.05. The van der Waals surface area contributed by atoms with E-state index in [2.05, 4.69) is 12.2 Å². The largest absolute Gasteiger partial charge is 0.312 e. The second-order valence-electron chi connectivity index (χ2n) is 7.05. The van der Waals surface area contributed by atoms with Crippen LogP contribution in [0, 0.1) is 5.92 Å². The van der Waals surface area contributed by atoms with Crippen LogP contribution in [0.5, 0.6) is 0 Å². The molecule has 1 aliphatic heterocycles. The lowest BCUT2D eigenvalue weighted by atomic mass is 9.82. The lowest BCUT2D eigenvalue weighted by molar-refractivity contribution is 0.338. The molecule has 1 aromatic rings. The number of nitrogens with one attached hydrogen (secondary N) is 1. The van der Waals surface area contributed by atoms with E-state index in [-0.39, 0.29) is 0 Å². The van der Waals surface area contributed by atoms with Gasteiger partial charge in [-0.3, -0.25) is 0 Å². The van der Waals surface area contributed by atoms with E-state index in [0.29, 0.717) is 5.92 Å². The van der Waals surface area contributed by atoms with Crippen LogP contribution in [0.25, 0.3) is 0 Å². The molecule has 0 radical (unpaired) electrons. The van der Waals surface area contributed by atoms with Gasteiger partial charge in [0.25, 0.3) is 0 Å². The first kappa shape index (κ1) is 12.8. The number of hydrogen-bond donors (Lipinski definition) is 1. The van der Waals surface area contributed by atoms with Gasteiger partial charge >= 0.3 is 0 Å². The molecule has 0 unspecified atom stereocenters.